The number of hydrogen-bond donors (Lipinski definition) is 1. The Labute approximate surface area is 134 Å². The van der Waals surface area contributed by atoms with Crippen LogP contribution in [0.5, 0.6) is 0 Å². The SMILES string of the molecule is Cn1c(Cl)cnc1CNC1CCCN(c2cccnc2)C1=O. The highest BCUT2D eigenvalue weighted by atomic mass is 35.5. The monoisotopic (exact) mass is 319 g/mol. The molecule has 0 radical (unpaired) electrons. The molecule has 0 saturated carbocycles. The van der Waals surface area contributed by atoms with Gasteiger partial charge >= 0.3 is 0 Å². The number of amides is 1. The third kappa shape index (κ3) is 2.98. The quantitative estimate of drug-likeness (QED) is 0.932. The van der Waals surface area contributed by atoms with Crippen molar-refractivity contribution in [3.8, 4) is 0 Å². The summed E-state index contributed by atoms with van der Waals surface area (Å²) in [4.78, 5) is 22.7. The third-order valence-electron chi connectivity index (χ3n) is 3.93. The first-order valence-electron chi connectivity index (χ1n) is 7.27. The molecule has 1 saturated heterocycles. The zero-order valence-corrected chi connectivity index (χ0v) is 13.1. The number of pyridine rings is 1. The van der Waals surface area contributed by atoms with Crippen molar-refractivity contribution in [3.05, 3.63) is 41.7 Å². The number of halogens is 1. The fourth-order valence-electron chi connectivity index (χ4n) is 2.64. The van der Waals surface area contributed by atoms with Crippen LogP contribution in [-0.4, -0.2) is 33.0 Å². The van der Waals surface area contributed by atoms with Crippen LogP contribution in [0.2, 0.25) is 5.15 Å². The van der Waals surface area contributed by atoms with Crippen LogP contribution < -0.4 is 10.2 Å². The lowest BCUT2D eigenvalue weighted by Gasteiger charge is -2.32. The molecule has 0 spiro atoms. The molecule has 1 aliphatic heterocycles. The van der Waals surface area contributed by atoms with E-state index in [4.69, 9.17) is 11.6 Å². The van der Waals surface area contributed by atoms with Crippen LogP contribution in [0.1, 0.15) is 18.7 Å². The van der Waals surface area contributed by atoms with E-state index in [2.05, 4.69) is 15.3 Å². The molecule has 22 heavy (non-hydrogen) atoms. The van der Waals surface area contributed by atoms with Gasteiger partial charge in [0.1, 0.15) is 11.0 Å². The average Bonchev–Trinajstić information content (AvgIpc) is 2.86. The van der Waals surface area contributed by atoms with E-state index in [0.29, 0.717) is 11.7 Å². The molecular formula is C15H18ClN5O. The summed E-state index contributed by atoms with van der Waals surface area (Å²) in [5.74, 6) is 0.899. The molecule has 7 heteroatoms. The fraction of sp³-hybridized carbons (Fsp3) is 0.400. The summed E-state index contributed by atoms with van der Waals surface area (Å²) in [6, 6.07) is 3.55. The lowest BCUT2D eigenvalue weighted by Crippen LogP contribution is -2.50. The maximum atomic E-state index is 12.6. The number of nitrogens with one attached hydrogen (secondary N) is 1. The van der Waals surface area contributed by atoms with Crippen LogP contribution in [0.4, 0.5) is 5.69 Å². The molecule has 0 aliphatic carbocycles. The van der Waals surface area contributed by atoms with E-state index in [1.807, 2.05) is 19.2 Å². The van der Waals surface area contributed by atoms with Gasteiger partial charge in [-0.15, -0.1) is 0 Å². The van der Waals surface area contributed by atoms with Gasteiger partial charge in [0.15, 0.2) is 0 Å². The summed E-state index contributed by atoms with van der Waals surface area (Å²) in [6.45, 7) is 1.25. The van der Waals surface area contributed by atoms with Gasteiger partial charge < -0.3 is 9.47 Å². The number of anilines is 1. The minimum atomic E-state index is -0.204. The van der Waals surface area contributed by atoms with E-state index >= 15 is 0 Å². The standard InChI is InChI=1S/C15H18ClN5O/c1-20-13(16)9-19-14(20)10-18-12-5-3-7-21(15(12)22)11-4-2-6-17-8-11/h2,4,6,8-9,12,18H,3,5,7,10H2,1H3. The number of carbonyl (C=O) groups is 1. The van der Waals surface area contributed by atoms with Gasteiger partial charge in [0.2, 0.25) is 5.91 Å². The maximum absolute atomic E-state index is 12.6. The van der Waals surface area contributed by atoms with Gasteiger partial charge in [-0.2, -0.15) is 0 Å². The Hall–Kier alpha value is -1.92. The summed E-state index contributed by atoms with van der Waals surface area (Å²) in [5, 5.41) is 3.87. The van der Waals surface area contributed by atoms with Crippen molar-refractivity contribution in [1.29, 1.82) is 0 Å². The average molecular weight is 320 g/mol. The zero-order chi connectivity index (χ0) is 15.5. The topological polar surface area (TPSA) is 63.1 Å². The normalized spacial score (nSPS) is 18.7. The number of nitrogens with zero attached hydrogens (tertiary/aromatic N) is 4. The van der Waals surface area contributed by atoms with Gasteiger partial charge in [0.25, 0.3) is 0 Å². The molecule has 3 heterocycles. The van der Waals surface area contributed by atoms with E-state index in [1.165, 1.54) is 0 Å². The maximum Gasteiger partial charge on any atom is 0.244 e. The number of carbonyl (C=O) groups excluding carboxylic acids is 1. The van der Waals surface area contributed by atoms with Crippen molar-refractivity contribution < 1.29 is 4.79 Å². The Morgan fingerprint density at radius 3 is 3.00 bits per heavy atom. The highest BCUT2D eigenvalue weighted by Crippen LogP contribution is 2.20. The smallest absolute Gasteiger partial charge is 0.244 e. The second-order valence-corrected chi connectivity index (χ2v) is 5.72. The van der Waals surface area contributed by atoms with Crippen LogP contribution in [0, 0.1) is 0 Å². The van der Waals surface area contributed by atoms with Gasteiger partial charge in [0.05, 0.1) is 30.7 Å². The second kappa shape index (κ2) is 6.46. The molecule has 1 amide bonds. The van der Waals surface area contributed by atoms with Gasteiger partial charge in [-0.3, -0.25) is 15.1 Å². The molecular weight excluding hydrogens is 302 g/mol. The van der Waals surface area contributed by atoms with Crippen molar-refractivity contribution in [1.82, 2.24) is 19.9 Å². The van der Waals surface area contributed by atoms with Crippen molar-refractivity contribution in [2.24, 2.45) is 7.05 Å². The van der Waals surface area contributed by atoms with E-state index < -0.39 is 0 Å². The van der Waals surface area contributed by atoms with Gasteiger partial charge in [-0.1, -0.05) is 11.6 Å². The Balaban J connectivity index is 1.67. The minimum Gasteiger partial charge on any atom is -0.321 e. The van der Waals surface area contributed by atoms with Crippen molar-refractivity contribution in [3.63, 3.8) is 0 Å². The fourth-order valence-corrected chi connectivity index (χ4v) is 2.78. The molecule has 116 valence electrons. The molecule has 2 aromatic heterocycles. The molecule has 0 bridgehead atoms. The molecule has 1 N–H and O–H groups in total. The molecule has 0 aromatic carbocycles. The number of imidazole rings is 1. The second-order valence-electron chi connectivity index (χ2n) is 5.33. The lowest BCUT2D eigenvalue weighted by atomic mass is 10.0. The van der Waals surface area contributed by atoms with Crippen LogP contribution in [0.25, 0.3) is 0 Å². The van der Waals surface area contributed by atoms with Crippen molar-refractivity contribution >= 4 is 23.2 Å². The molecule has 1 fully saturated rings. The van der Waals surface area contributed by atoms with Crippen molar-refractivity contribution in [2.75, 3.05) is 11.4 Å². The molecule has 3 rings (SSSR count). The molecule has 6 nitrogen and oxygen atoms in total. The number of rotatable bonds is 4. The van der Waals surface area contributed by atoms with E-state index in [1.54, 1.807) is 28.1 Å². The van der Waals surface area contributed by atoms with Gasteiger partial charge in [0, 0.05) is 19.8 Å². The summed E-state index contributed by atoms with van der Waals surface area (Å²) in [6.07, 6.45) is 6.83. The van der Waals surface area contributed by atoms with E-state index in [9.17, 15) is 4.79 Å². The highest BCUT2D eigenvalue weighted by molar-refractivity contribution is 6.29. The molecule has 2 aromatic rings. The largest absolute Gasteiger partial charge is 0.321 e. The Morgan fingerprint density at radius 2 is 2.32 bits per heavy atom. The third-order valence-corrected chi connectivity index (χ3v) is 4.28. The first-order chi connectivity index (χ1) is 10.7. The predicted octanol–water partition coefficient (Wildman–Crippen LogP) is 1.75. The number of piperidine rings is 1. The van der Waals surface area contributed by atoms with Crippen LogP contribution in [0.15, 0.2) is 30.7 Å². The zero-order valence-electron chi connectivity index (χ0n) is 12.4. The lowest BCUT2D eigenvalue weighted by molar-refractivity contribution is -0.121. The van der Waals surface area contributed by atoms with E-state index in [-0.39, 0.29) is 11.9 Å². The summed E-state index contributed by atoms with van der Waals surface area (Å²) in [7, 11) is 1.86. The summed E-state index contributed by atoms with van der Waals surface area (Å²) >= 11 is 5.97. The summed E-state index contributed by atoms with van der Waals surface area (Å²) in [5.41, 5.74) is 0.846. The van der Waals surface area contributed by atoms with Crippen LogP contribution in [-0.2, 0) is 18.4 Å². The predicted molar refractivity (Wildman–Crippen MR) is 84.7 cm³/mol. The summed E-state index contributed by atoms with van der Waals surface area (Å²) < 4.78 is 1.81. The first kappa shape index (κ1) is 15.0. The Bertz CT molecular complexity index is 657. The van der Waals surface area contributed by atoms with E-state index in [0.717, 1.165) is 30.9 Å². The van der Waals surface area contributed by atoms with Crippen LogP contribution in [0.3, 0.4) is 0 Å². The Kier molecular flexibility index (Phi) is 4.40. The number of aromatic nitrogens is 3. The minimum absolute atomic E-state index is 0.0829. The highest BCUT2D eigenvalue weighted by Gasteiger charge is 2.29. The number of hydrogen-bond acceptors (Lipinski definition) is 4. The van der Waals surface area contributed by atoms with Gasteiger partial charge in [-0.05, 0) is 25.0 Å². The van der Waals surface area contributed by atoms with Gasteiger partial charge in [-0.25, -0.2) is 4.98 Å². The van der Waals surface area contributed by atoms with Crippen LogP contribution >= 0.6 is 11.6 Å². The Morgan fingerprint density at radius 1 is 1.45 bits per heavy atom. The first-order valence-corrected chi connectivity index (χ1v) is 7.65. The molecule has 1 atom stereocenters. The van der Waals surface area contributed by atoms with Crippen molar-refractivity contribution in [2.45, 2.75) is 25.4 Å². The molecule has 1 unspecified atom stereocenters. The molecule has 1 aliphatic rings.